The molecule has 34 heavy (non-hydrogen) atoms. The van der Waals surface area contributed by atoms with Crippen molar-refractivity contribution < 1.29 is 0 Å². The van der Waals surface area contributed by atoms with Crippen molar-refractivity contribution in [2.24, 2.45) is 0 Å². The number of nitriles is 1. The third kappa shape index (κ3) is 2.71. The molecular weight excluding hydrogens is 414 g/mol. The van der Waals surface area contributed by atoms with Gasteiger partial charge in [-0.2, -0.15) is 5.26 Å². The van der Waals surface area contributed by atoms with E-state index in [1.807, 2.05) is 12.1 Å². The highest BCUT2D eigenvalue weighted by Gasteiger charge is 2.42. The number of benzene rings is 1. The largest absolute Gasteiger partial charge is 0.334 e. The summed E-state index contributed by atoms with van der Waals surface area (Å²) in [6.45, 7) is 0. The van der Waals surface area contributed by atoms with Crippen molar-refractivity contribution in [1.82, 2.24) is 4.90 Å². The van der Waals surface area contributed by atoms with Gasteiger partial charge in [0, 0.05) is 29.1 Å². The molecule has 3 nitrogen and oxygen atoms in total. The smallest absolute Gasteiger partial charge is 0.108 e. The minimum Gasteiger partial charge on any atom is -0.334 e. The van der Waals surface area contributed by atoms with Crippen LogP contribution in [0.15, 0.2) is 108 Å². The summed E-state index contributed by atoms with van der Waals surface area (Å²) in [5.74, 6) is 0.272. The molecule has 0 bridgehead atoms. The maximum atomic E-state index is 9.47. The van der Waals surface area contributed by atoms with E-state index in [0.717, 1.165) is 24.9 Å². The minimum atomic E-state index is 0.142. The van der Waals surface area contributed by atoms with Crippen LogP contribution < -0.4 is 4.90 Å². The lowest BCUT2D eigenvalue weighted by atomic mass is 9.89. The number of para-hydroxylation sites is 1. The van der Waals surface area contributed by atoms with Crippen LogP contribution in [0.1, 0.15) is 36.3 Å². The van der Waals surface area contributed by atoms with Crippen molar-refractivity contribution in [1.29, 1.82) is 5.26 Å². The maximum absolute atomic E-state index is 9.47. The summed E-state index contributed by atoms with van der Waals surface area (Å²) in [5, 5.41) is 9.47. The normalized spacial score (nSPS) is 25.7. The summed E-state index contributed by atoms with van der Waals surface area (Å²) < 4.78 is 0. The highest BCUT2D eigenvalue weighted by Crippen LogP contribution is 2.50. The van der Waals surface area contributed by atoms with Gasteiger partial charge in [-0.1, -0.05) is 60.7 Å². The first-order chi connectivity index (χ1) is 16.8. The monoisotopic (exact) mass is 437 g/mol. The molecule has 0 N–H and O–H groups in total. The molecule has 162 valence electrons. The summed E-state index contributed by atoms with van der Waals surface area (Å²) in [6.07, 6.45) is 21.8. The quantitative estimate of drug-likeness (QED) is 0.545. The number of allylic oxidation sites excluding steroid dienone is 5. The van der Waals surface area contributed by atoms with Crippen molar-refractivity contribution in [2.45, 2.75) is 37.3 Å². The Balaban J connectivity index is 1.35. The number of anilines is 2. The van der Waals surface area contributed by atoms with Gasteiger partial charge in [-0.3, -0.25) is 0 Å². The molecule has 0 saturated carbocycles. The van der Waals surface area contributed by atoms with Crippen molar-refractivity contribution in [3.05, 3.63) is 131 Å². The molecule has 0 radical (unpaired) electrons. The maximum Gasteiger partial charge on any atom is 0.108 e. The molecule has 5 aliphatic rings. The molecule has 2 aromatic carbocycles. The summed E-state index contributed by atoms with van der Waals surface area (Å²) in [7, 11) is 0. The molecule has 0 spiro atoms. The summed E-state index contributed by atoms with van der Waals surface area (Å²) in [5.41, 5.74) is 9.63. The number of hydrogen-bond donors (Lipinski definition) is 0. The van der Waals surface area contributed by atoms with Crippen LogP contribution in [0.4, 0.5) is 11.4 Å². The molecule has 2 heterocycles. The topological polar surface area (TPSA) is 30.3 Å². The van der Waals surface area contributed by atoms with Crippen molar-refractivity contribution in [3.63, 3.8) is 0 Å². The van der Waals surface area contributed by atoms with Gasteiger partial charge in [0.05, 0.1) is 17.8 Å². The average Bonchev–Trinajstić information content (AvgIpc) is 3.41. The van der Waals surface area contributed by atoms with E-state index in [4.69, 9.17) is 0 Å². The van der Waals surface area contributed by atoms with Crippen LogP contribution >= 0.6 is 0 Å². The second-order valence-electron chi connectivity index (χ2n) is 9.38. The Kier molecular flexibility index (Phi) is 4.20. The van der Waals surface area contributed by atoms with Crippen molar-refractivity contribution >= 4 is 11.4 Å². The highest BCUT2D eigenvalue weighted by molar-refractivity contribution is 5.76. The minimum absolute atomic E-state index is 0.142. The zero-order valence-electron chi connectivity index (χ0n) is 18.8. The molecule has 0 fully saturated rings. The standard InChI is InChI=1S/C31H23N3/c32-20-21-8-7-9-22(18-21)34-30-15-6-3-12-26(30)27-17-16-23(19-31(27)34)33-28-13-4-1-10-24(28)25-11-2-5-14-29(25)33/h1,3-6,9-10,12,14-19,27-28,31H,2,11,13H2. The van der Waals surface area contributed by atoms with E-state index in [0.29, 0.717) is 11.6 Å². The van der Waals surface area contributed by atoms with Gasteiger partial charge in [0.1, 0.15) is 11.6 Å². The molecule has 0 saturated heterocycles. The molecule has 0 amide bonds. The molecule has 3 atom stereocenters. The predicted molar refractivity (Wildman–Crippen MR) is 134 cm³/mol. The van der Waals surface area contributed by atoms with E-state index in [1.54, 1.807) is 0 Å². The van der Waals surface area contributed by atoms with Gasteiger partial charge >= 0.3 is 0 Å². The van der Waals surface area contributed by atoms with Crippen LogP contribution in [-0.2, 0) is 0 Å². The Labute approximate surface area is 200 Å². The Morgan fingerprint density at radius 2 is 2.03 bits per heavy atom. The van der Waals surface area contributed by atoms with Crippen LogP contribution in [0.2, 0.25) is 0 Å². The summed E-state index contributed by atoms with van der Waals surface area (Å²) >= 11 is 0. The Morgan fingerprint density at radius 3 is 2.97 bits per heavy atom. The molecule has 2 aliphatic heterocycles. The Bertz CT molecular complexity index is 1420. The average molecular weight is 438 g/mol. The van der Waals surface area contributed by atoms with Crippen LogP contribution in [0.25, 0.3) is 0 Å². The van der Waals surface area contributed by atoms with E-state index < -0.39 is 0 Å². The zero-order valence-corrected chi connectivity index (χ0v) is 18.8. The van der Waals surface area contributed by atoms with Crippen molar-refractivity contribution in [2.75, 3.05) is 4.90 Å². The van der Waals surface area contributed by atoms with Crippen LogP contribution in [0, 0.1) is 23.5 Å². The molecule has 7 rings (SSSR count). The predicted octanol–water partition coefficient (Wildman–Crippen LogP) is 6.39. The van der Waals surface area contributed by atoms with E-state index in [2.05, 4.69) is 101 Å². The molecule has 3 aliphatic carbocycles. The Morgan fingerprint density at radius 1 is 1.09 bits per heavy atom. The van der Waals surface area contributed by atoms with Gasteiger partial charge in [-0.25, -0.2) is 0 Å². The lowest BCUT2D eigenvalue weighted by Crippen LogP contribution is -2.35. The molecule has 2 aromatic rings. The molecular formula is C31H23N3. The van der Waals surface area contributed by atoms with E-state index in [9.17, 15) is 5.26 Å². The van der Waals surface area contributed by atoms with Crippen LogP contribution in [-0.4, -0.2) is 17.0 Å². The fraction of sp³-hybridized carbons (Fsp3) is 0.194. The molecule has 3 heteroatoms. The SMILES string of the molecule is N#Cc1c#ccc(N2c3ccccc3C3C=CC(N4C5=C(CCC=C5)C5=CC=CCC54)=CC32)c1. The van der Waals surface area contributed by atoms with Gasteiger partial charge in [0.15, 0.2) is 0 Å². The highest BCUT2D eigenvalue weighted by atomic mass is 15.2. The van der Waals surface area contributed by atoms with Gasteiger partial charge in [0.25, 0.3) is 0 Å². The lowest BCUT2D eigenvalue weighted by Gasteiger charge is -2.35. The fourth-order valence-corrected chi connectivity index (χ4v) is 6.23. The fourth-order valence-electron chi connectivity index (χ4n) is 6.23. The number of nitrogens with zero attached hydrogens (tertiary/aromatic N) is 3. The summed E-state index contributed by atoms with van der Waals surface area (Å²) in [4.78, 5) is 4.92. The number of hydrogen-bond acceptors (Lipinski definition) is 3. The van der Waals surface area contributed by atoms with Gasteiger partial charge in [-0.15, -0.1) is 0 Å². The van der Waals surface area contributed by atoms with E-state index in [-0.39, 0.29) is 12.0 Å². The van der Waals surface area contributed by atoms with Gasteiger partial charge < -0.3 is 9.80 Å². The summed E-state index contributed by atoms with van der Waals surface area (Å²) in [6, 6.07) is 21.2. The number of fused-ring (bicyclic) bond motifs is 5. The first kappa shape index (κ1) is 19.3. The Hall–Kier alpha value is -4.21. The van der Waals surface area contributed by atoms with Crippen LogP contribution in [0.3, 0.4) is 0 Å². The van der Waals surface area contributed by atoms with E-state index >= 15 is 0 Å². The second kappa shape index (κ2) is 7.41. The second-order valence-corrected chi connectivity index (χ2v) is 9.38. The van der Waals surface area contributed by atoms with Crippen molar-refractivity contribution in [3.8, 4) is 6.07 Å². The van der Waals surface area contributed by atoms with Gasteiger partial charge in [0.2, 0.25) is 0 Å². The van der Waals surface area contributed by atoms with E-state index in [1.165, 1.54) is 33.8 Å². The zero-order chi connectivity index (χ0) is 22.6. The first-order valence-electron chi connectivity index (χ1n) is 12.0. The van der Waals surface area contributed by atoms with Gasteiger partial charge in [-0.05, 0) is 66.3 Å². The first-order valence-corrected chi connectivity index (χ1v) is 12.0. The van der Waals surface area contributed by atoms with Crippen LogP contribution in [0.5, 0.6) is 0 Å². The molecule has 0 aromatic heterocycles. The lowest BCUT2D eigenvalue weighted by molar-refractivity contribution is 0.389. The number of rotatable bonds is 2. The third-order valence-corrected chi connectivity index (χ3v) is 7.63. The molecule has 3 unspecified atom stereocenters. The third-order valence-electron chi connectivity index (χ3n) is 7.63.